The molecule has 0 aliphatic rings. The fraction of sp³-hybridized carbons (Fsp3) is 0.364. The summed E-state index contributed by atoms with van der Waals surface area (Å²) in [6.07, 6.45) is 0. The minimum absolute atomic E-state index is 0.414. The monoisotopic (exact) mass is 211 g/mol. The van der Waals surface area contributed by atoms with Crippen molar-refractivity contribution in [2.75, 3.05) is 11.9 Å². The molecule has 0 fully saturated rings. The van der Waals surface area contributed by atoms with Gasteiger partial charge < -0.3 is 10.0 Å². The van der Waals surface area contributed by atoms with E-state index < -0.39 is 17.3 Å². The predicted molar refractivity (Wildman–Crippen MR) is 56.1 cm³/mol. The number of carbonyl (C=O) groups excluding carboxylic acids is 1. The standard InChI is InChI=1S/C11H14FNO2/c1-11(2,15)10(14)13(3)9-6-4-5-8(12)7-9/h4-7,15H,1-3H3. The van der Waals surface area contributed by atoms with Gasteiger partial charge in [-0.15, -0.1) is 0 Å². The molecule has 0 atom stereocenters. The molecule has 1 N–H and O–H groups in total. The number of anilines is 1. The molecule has 1 aromatic rings. The van der Waals surface area contributed by atoms with Crippen molar-refractivity contribution in [3.05, 3.63) is 30.1 Å². The fourth-order valence-corrected chi connectivity index (χ4v) is 1.21. The largest absolute Gasteiger partial charge is 0.381 e. The Bertz CT molecular complexity index is 371. The molecule has 1 amide bonds. The van der Waals surface area contributed by atoms with Crippen LogP contribution in [0.4, 0.5) is 10.1 Å². The van der Waals surface area contributed by atoms with Crippen LogP contribution in [0.3, 0.4) is 0 Å². The van der Waals surface area contributed by atoms with Gasteiger partial charge in [-0.3, -0.25) is 4.79 Å². The Balaban J connectivity index is 2.95. The summed E-state index contributed by atoms with van der Waals surface area (Å²) in [5, 5.41) is 9.50. The van der Waals surface area contributed by atoms with E-state index in [0.29, 0.717) is 5.69 Å². The van der Waals surface area contributed by atoms with Gasteiger partial charge in [-0.2, -0.15) is 0 Å². The summed E-state index contributed by atoms with van der Waals surface area (Å²) in [6.45, 7) is 2.79. The van der Waals surface area contributed by atoms with Crippen LogP contribution in [0.2, 0.25) is 0 Å². The molecule has 0 spiro atoms. The molecule has 4 heteroatoms. The minimum Gasteiger partial charge on any atom is -0.381 e. The van der Waals surface area contributed by atoms with Gasteiger partial charge in [0.25, 0.3) is 5.91 Å². The maximum atomic E-state index is 12.9. The molecule has 0 bridgehead atoms. The maximum absolute atomic E-state index is 12.9. The molecule has 0 radical (unpaired) electrons. The number of amides is 1. The van der Waals surface area contributed by atoms with Crippen molar-refractivity contribution in [2.24, 2.45) is 0 Å². The van der Waals surface area contributed by atoms with Crippen molar-refractivity contribution < 1.29 is 14.3 Å². The molecule has 0 saturated carbocycles. The van der Waals surface area contributed by atoms with Gasteiger partial charge in [0.2, 0.25) is 0 Å². The Morgan fingerprint density at radius 1 is 1.47 bits per heavy atom. The molecular weight excluding hydrogens is 197 g/mol. The summed E-state index contributed by atoms with van der Waals surface area (Å²) in [4.78, 5) is 12.9. The van der Waals surface area contributed by atoms with E-state index >= 15 is 0 Å². The number of nitrogens with zero attached hydrogens (tertiary/aromatic N) is 1. The third-order valence-corrected chi connectivity index (χ3v) is 2.02. The van der Waals surface area contributed by atoms with Crippen LogP contribution in [-0.2, 0) is 4.79 Å². The number of halogens is 1. The number of rotatable bonds is 2. The number of aliphatic hydroxyl groups is 1. The third-order valence-electron chi connectivity index (χ3n) is 2.02. The highest BCUT2D eigenvalue weighted by atomic mass is 19.1. The number of benzene rings is 1. The molecule has 15 heavy (non-hydrogen) atoms. The van der Waals surface area contributed by atoms with Crippen molar-refractivity contribution in [1.29, 1.82) is 0 Å². The van der Waals surface area contributed by atoms with Gasteiger partial charge in [-0.25, -0.2) is 4.39 Å². The van der Waals surface area contributed by atoms with Gasteiger partial charge in [0.15, 0.2) is 0 Å². The van der Waals surface area contributed by atoms with Crippen LogP contribution < -0.4 is 4.90 Å². The van der Waals surface area contributed by atoms with E-state index in [1.54, 1.807) is 6.07 Å². The first-order valence-electron chi connectivity index (χ1n) is 4.58. The van der Waals surface area contributed by atoms with Crippen LogP contribution in [0, 0.1) is 5.82 Å². The summed E-state index contributed by atoms with van der Waals surface area (Å²) < 4.78 is 12.9. The van der Waals surface area contributed by atoms with E-state index in [4.69, 9.17) is 0 Å². The van der Waals surface area contributed by atoms with Crippen molar-refractivity contribution in [3.8, 4) is 0 Å². The molecule has 0 aromatic heterocycles. The van der Waals surface area contributed by atoms with Crippen molar-refractivity contribution in [3.63, 3.8) is 0 Å². The summed E-state index contributed by atoms with van der Waals surface area (Å²) in [5.41, 5.74) is -1.04. The van der Waals surface area contributed by atoms with Gasteiger partial charge in [0.1, 0.15) is 11.4 Å². The molecule has 1 aromatic carbocycles. The molecular formula is C11H14FNO2. The van der Waals surface area contributed by atoms with Crippen molar-refractivity contribution >= 4 is 11.6 Å². The highest BCUT2D eigenvalue weighted by Crippen LogP contribution is 2.17. The van der Waals surface area contributed by atoms with E-state index in [9.17, 15) is 14.3 Å². The lowest BCUT2D eigenvalue weighted by Gasteiger charge is -2.24. The number of carbonyl (C=O) groups is 1. The zero-order valence-electron chi connectivity index (χ0n) is 8.99. The third kappa shape index (κ3) is 2.76. The van der Waals surface area contributed by atoms with Gasteiger partial charge in [-0.1, -0.05) is 6.07 Å². The average molecular weight is 211 g/mol. The zero-order chi connectivity index (χ0) is 11.6. The predicted octanol–water partition coefficient (Wildman–Crippen LogP) is 1.56. The Morgan fingerprint density at radius 2 is 2.07 bits per heavy atom. The van der Waals surface area contributed by atoms with E-state index in [0.717, 1.165) is 0 Å². The van der Waals surface area contributed by atoms with E-state index in [1.165, 1.54) is 44.0 Å². The lowest BCUT2D eigenvalue weighted by molar-refractivity contribution is -0.133. The number of likely N-dealkylation sites (N-methyl/N-ethyl adjacent to an activating group) is 1. The van der Waals surface area contributed by atoms with Crippen LogP contribution in [-0.4, -0.2) is 23.7 Å². The molecule has 0 saturated heterocycles. The number of hydrogen-bond acceptors (Lipinski definition) is 2. The molecule has 0 unspecified atom stereocenters. The van der Waals surface area contributed by atoms with Crippen molar-refractivity contribution in [1.82, 2.24) is 0 Å². The summed E-state index contributed by atoms with van der Waals surface area (Å²) in [7, 11) is 1.50. The SMILES string of the molecule is CN(C(=O)C(C)(C)O)c1cccc(F)c1. The number of hydrogen-bond donors (Lipinski definition) is 1. The normalized spacial score (nSPS) is 11.3. The molecule has 1 rings (SSSR count). The Morgan fingerprint density at radius 3 is 2.53 bits per heavy atom. The average Bonchev–Trinajstić information content (AvgIpc) is 2.14. The highest BCUT2D eigenvalue weighted by Gasteiger charge is 2.28. The summed E-state index contributed by atoms with van der Waals surface area (Å²) in [6, 6.07) is 5.65. The molecule has 0 aliphatic carbocycles. The minimum atomic E-state index is -1.46. The van der Waals surface area contributed by atoms with Crippen LogP contribution in [0.25, 0.3) is 0 Å². The van der Waals surface area contributed by atoms with Gasteiger partial charge >= 0.3 is 0 Å². The van der Waals surface area contributed by atoms with Crippen LogP contribution in [0.1, 0.15) is 13.8 Å². The maximum Gasteiger partial charge on any atom is 0.258 e. The van der Waals surface area contributed by atoms with Crippen LogP contribution in [0.15, 0.2) is 24.3 Å². The molecule has 0 heterocycles. The summed E-state index contributed by atoms with van der Waals surface area (Å²) in [5.74, 6) is -0.893. The van der Waals surface area contributed by atoms with Crippen molar-refractivity contribution in [2.45, 2.75) is 19.4 Å². The summed E-state index contributed by atoms with van der Waals surface area (Å²) >= 11 is 0. The lowest BCUT2D eigenvalue weighted by Crippen LogP contribution is -2.43. The topological polar surface area (TPSA) is 40.5 Å². The fourth-order valence-electron chi connectivity index (χ4n) is 1.21. The van der Waals surface area contributed by atoms with Gasteiger partial charge in [0.05, 0.1) is 0 Å². The second-order valence-corrected chi connectivity index (χ2v) is 3.90. The first-order valence-corrected chi connectivity index (χ1v) is 4.58. The first kappa shape index (κ1) is 11.7. The van der Waals surface area contributed by atoms with Crippen LogP contribution >= 0.6 is 0 Å². The second-order valence-electron chi connectivity index (χ2n) is 3.90. The smallest absolute Gasteiger partial charge is 0.258 e. The van der Waals surface area contributed by atoms with Gasteiger partial charge in [0, 0.05) is 12.7 Å². The van der Waals surface area contributed by atoms with E-state index in [2.05, 4.69) is 0 Å². The molecule has 3 nitrogen and oxygen atoms in total. The molecule has 82 valence electrons. The highest BCUT2D eigenvalue weighted by molar-refractivity contribution is 5.98. The lowest BCUT2D eigenvalue weighted by atomic mass is 10.1. The van der Waals surface area contributed by atoms with E-state index in [-0.39, 0.29) is 0 Å². The quantitative estimate of drug-likeness (QED) is 0.806. The Kier molecular flexibility index (Phi) is 3.09. The zero-order valence-corrected chi connectivity index (χ0v) is 8.99. The van der Waals surface area contributed by atoms with E-state index in [1.807, 2.05) is 0 Å². The van der Waals surface area contributed by atoms with Gasteiger partial charge in [-0.05, 0) is 32.0 Å². The first-order chi connectivity index (χ1) is 6.82. The Labute approximate surface area is 88.1 Å². The Hall–Kier alpha value is -1.42. The second kappa shape index (κ2) is 3.98. The van der Waals surface area contributed by atoms with Crippen LogP contribution in [0.5, 0.6) is 0 Å². The molecule has 0 aliphatic heterocycles.